The Morgan fingerprint density at radius 3 is 2.78 bits per heavy atom. The molecule has 0 amide bonds. The highest BCUT2D eigenvalue weighted by Crippen LogP contribution is 2.27. The van der Waals surface area contributed by atoms with Crippen LogP contribution in [0.1, 0.15) is 18.4 Å². The quantitative estimate of drug-likeness (QED) is 0.815. The number of hydrogen-bond acceptors (Lipinski definition) is 4. The van der Waals surface area contributed by atoms with Crippen LogP contribution in [0.3, 0.4) is 0 Å². The van der Waals surface area contributed by atoms with Crippen LogP contribution < -0.4 is 10.5 Å². The first-order valence-corrected chi connectivity index (χ1v) is 7.47. The molecule has 0 atom stereocenters. The Labute approximate surface area is 106 Å². The van der Waals surface area contributed by atoms with Crippen LogP contribution in [0.4, 0.5) is 0 Å². The molecule has 6 heteroatoms. The number of fused-ring (bicyclic) bond motifs is 1. The maximum Gasteiger partial charge on any atom is 0.263 e. The van der Waals surface area contributed by atoms with Crippen LogP contribution >= 0.6 is 0 Å². The molecule has 3 rings (SSSR count). The Morgan fingerprint density at radius 2 is 2.06 bits per heavy atom. The van der Waals surface area contributed by atoms with Gasteiger partial charge < -0.3 is 5.73 Å². The zero-order valence-electron chi connectivity index (χ0n) is 9.83. The summed E-state index contributed by atoms with van der Waals surface area (Å²) in [4.78, 5) is 4.70. The van der Waals surface area contributed by atoms with Gasteiger partial charge in [0.25, 0.3) is 10.0 Å². The molecular weight excluding hydrogens is 250 g/mol. The normalized spacial score (nSPS) is 30.6. The van der Waals surface area contributed by atoms with Crippen molar-refractivity contribution in [1.29, 1.82) is 0 Å². The molecule has 1 aromatic rings. The molecule has 0 bridgehead atoms. The van der Waals surface area contributed by atoms with Gasteiger partial charge in [0.05, 0.1) is 4.90 Å². The molecule has 0 unspecified atom stereocenters. The average molecular weight is 265 g/mol. The van der Waals surface area contributed by atoms with E-state index >= 15 is 0 Å². The Bertz CT molecular complexity index is 604. The molecule has 0 radical (unpaired) electrons. The maximum atomic E-state index is 11.8. The molecular formula is C12H15N3O2S. The summed E-state index contributed by atoms with van der Waals surface area (Å²) in [6, 6.07) is 7.20. The highest BCUT2D eigenvalue weighted by molar-refractivity contribution is 7.90. The van der Waals surface area contributed by atoms with Gasteiger partial charge in [-0.3, -0.25) is 9.71 Å². The van der Waals surface area contributed by atoms with Gasteiger partial charge in [-0.2, -0.15) is 0 Å². The lowest BCUT2D eigenvalue weighted by Crippen LogP contribution is -2.38. The smallest absolute Gasteiger partial charge is 0.263 e. The second kappa shape index (κ2) is 4.07. The van der Waals surface area contributed by atoms with E-state index in [0.29, 0.717) is 34.8 Å². The van der Waals surface area contributed by atoms with Gasteiger partial charge in [-0.05, 0) is 30.9 Å². The van der Waals surface area contributed by atoms with Crippen molar-refractivity contribution in [3.63, 3.8) is 0 Å². The number of amidine groups is 1. The van der Waals surface area contributed by atoms with E-state index in [2.05, 4.69) is 9.71 Å². The molecule has 18 heavy (non-hydrogen) atoms. The van der Waals surface area contributed by atoms with Crippen LogP contribution in [-0.2, 0) is 10.0 Å². The van der Waals surface area contributed by atoms with Gasteiger partial charge >= 0.3 is 0 Å². The van der Waals surface area contributed by atoms with E-state index in [1.807, 2.05) is 6.07 Å². The van der Waals surface area contributed by atoms with Gasteiger partial charge in [-0.1, -0.05) is 12.1 Å². The van der Waals surface area contributed by atoms with Crippen molar-refractivity contribution in [1.82, 2.24) is 4.72 Å². The van der Waals surface area contributed by atoms with Crippen molar-refractivity contribution in [3.05, 3.63) is 29.8 Å². The lowest BCUT2D eigenvalue weighted by atomic mass is 9.81. The lowest BCUT2D eigenvalue weighted by molar-refractivity contribution is 0.274. The molecule has 1 aliphatic heterocycles. The van der Waals surface area contributed by atoms with Crippen LogP contribution in [0.25, 0.3) is 0 Å². The van der Waals surface area contributed by atoms with Crippen LogP contribution in [0.2, 0.25) is 0 Å². The topological polar surface area (TPSA) is 84.5 Å². The van der Waals surface area contributed by atoms with E-state index in [1.165, 1.54) is 0 Å². The molecule has 1 aliphatic carbocycles. The van der Waals surface area contributed by atoms with E-state index in [4.69, 9.17) is 5.73 Å². The third-order valence-electron chi connectivity index (χ3n) is 3.44. The fraction of sp³-hybridized carbons (Fsp3) is 0.417. The van der Waals surface area contributed by atoms with Gasteiger partial charge in [0.2, 0.25) is 0 Å². The van der Waals surface area contributed by atoms with Gasteiger partial charge in [-0.15, -0.1) is 0 Å². The molecule has 1 fully saturated rings. The zero-order chi connectivity index (χ0) is 12.8. The summed E-state index contributed by atoms with van der Waals surface area (Å²) < 4.78 is 26.2. The van der Waals surface area contributed by atoms with E-state index in [1.54, 1.807) is 18.2 Å². The highest BCUT2D eigenvalue weighted by Gasteiger charge is 2.31. The molecule has 0 saturated heterocycles. The summed E-state index contributed by atoms with van der Waals surface area (Å²) in [6.45, 7) is 0.639. The Morgan fingerprint density at radius 1 is 1.33 bits per heavy atom. The second-order valence-corrected chi connectivity index (χ2v) is 6.54. The zero-order valence-corrected chi connectivity index (χ0v) is 10.7. The number of aliphatic imine (C=N–C) groups is 1. The molecule has 1 aromatic carbocycles. The third kappa shape index (κ3) is 1.91. The van der Waals surface area contributed by atoms with Gasteiger partial charge in [-0.25, -0.2) is 8.42 Å². The number of rotatable bonds is 2. The van der Waals surface area contributed by atoms with Crippen molar-refractivity contribution in [2.75, 3.05) is 6.54 Å². The Hall–Kier alpha value is -1.40. The Kier molecular flexibility index (Phi) is 2.64. The van der Waals surface area contributed by atoms with Gasteiger partial charge in [0.1, 0.15) is 5.84 Å². The minimum Gasteiger partial charge on any atom is -0.328 e. The first-order valence-electron chi connectivity index (χ1n) is 5.98. The molecule has 0 spiro atoms. The van der Waals surface area contributed by atoms with E-state index < -0.39 is 10.0 Å². The molecule has 96 valence electrons. The maximum absolute atomic E-state index is 11.8. The van der Waals surface area contributed by atoms with Crippen LogP contribution in [-0.4, -0.2) is 26.8 Å². The minimum absolute atomic E-state index is 0.294. The summed E-state index contributed by atoms with van der Waals surface area (Å²) in [6.07, 6.45) is 1.95. The lowest BCUT2D eigenvalue weighted by Gasteiger charge is -2.31. The molecule has 0 aromatic heterocycles. The molecule has 3 N–H and O–H groups in total. The Balaban J connectivity index is 1.85. The third-order valence-corrected chi connectivity index (χ3v) is 4.84. The van der Waals surface area contributed by atoms with Crippen LogP contribution in [0.5, 0.6) is 0 Å². The number of nitrogens with one attached hydrogen (secondary N) is 1. The number of benzene rings is 1. The van der Waals surface area contributed by atoms with E-state index in [-0.39, 0.29) is 0 Å². The predicted molar refractivity (Wildman–Crippen MR) is 68.9 cm³/mol. The second-order valence-electron chi connectivity index (χ2n) is 4.89. The number of nitrogens with zero attached hydrogens (tertiary/aromatic N) is 1. The summed E-state index contributed by atoms with van der Waals surface area (Å²) in [5.41, 5.74) is 6.38. The number of nitrogens with two attached hydrogens (primary N) is 1. The molecule has 1 heterocycles. The summed E-state index contributed by atoms with van der Waals surface area (Å²) >= 11 is 0. The monoisotopic (exact) mass is 265 g/mol. The SMILES string of the molecule is NC1CC(CN=C2NS(=O)(=O)c3ccccc32)C1. The standard InChI is InChI=1S/C12H15N3O2S/c13-9-5-8(6-9)7-14-12-10-3-1-2-4-11(10)18(16,17)15-12/h1-4,8-9H,5-7,13H2,(H,14,15). The largest absolute Gasteiger partial charge is 0.328 e. The molecule has 2 aliphatic rings. The van der Waals surface area contributed by atoms with Gasteiger partial charge in [0.15, 0.2) is 0 Å². The first kappa shape index (κ1) is 11.7. The fourth-order valence-corrected chi connectivity index (χ4v) is 3.66. The van der Waals surface area contributed by atoms with Crippen molar-refractivity contribution in [2.24, 2.45) is 16.6 Å². The van der Waals surface area contributed by atoms with Gasteiger partial charge in [0, 0.05) is 18.2 Å². The number of sulfonamides is 1. The van der Waals surface area contributed by atoms with Crippen LogP contribution in [0, 0.1) is 5.92 Å². The number of hydrogen-bond donors (Lipinski definition) is 2. The first-order chi connectivity index (χ1) is 8.56. The molecule has 5 nitrogen and oxygen atoms in total. The van der Waals surface area contributed by atoms with Crippen molar-refractivity contribution in [3.8, 4) is 0 Å². The summed E-state index contributed by atoms with van der Waals surface area (Å²) in [5, 5.41) is 0. The highest BCUT2D eigenvalue weighted by atomic mass is 32.2. The van der Waals surface area contributed by atoms with Crippen molar-refractivity contribution < 1.29 is 8.42 Å². The molecule has 1 saturated carbocycles. The van der Waals surface area contributed by atoms with E-state index in [9.17, 15) is 8.42 Å². The predicted octanol–water partition coefficient (Wildman–Crippen LogP) is 0.462. The fourth-order valence-electron chi connectivity index (χ4n) is 2.41. The minimum atomic E-state index is -3.41. The van der Waals surface area contributed by atoms with Crippen LogP contribution in [0.15, 0.2) is 34.2 Å². The van der Waals surface area contributed by atoms with Crippen molar-refractivity contribution >= 4 is 15.9 Å². The van der Waals surface area contributed by atoms with Crippen molar-refractivity contribution in [2.45, 2.75) is 23.8 Å². The average Bonchev–Trinajstić information content (AvgIpc) is 2.56. The summed E-state index contributed by atoms with van der Waals surface area (Å²) in [5.74, 6) is 0.954. The van der Waals surface area contributed by atoms with E-state index in [0.717, 1.165) is 12.8 Å². The summed E-state index contributed by atoms with van der Waals surface area (Å²) in [7, 11) is -3.41.